The summed E-state index contributed by atoms with van der Waals surface area (Å²) >= 11 is 1.87. The summed E-state index contributed by atoms with van der Waals surface area (Å²) in [4.78, 5) is 4.18. The predicted octanol–water partition coefficient (Wildman–Crippen LogP) is 3.93. The Morgan fingerprint density at radius 1 is 1.28 bits per heavy atom. The topological polar surface area (TPSA) is 24.9 Å². The molecule has 0 aliphatic heterocycles. The van der Waals surface area contributed by atoms with E-state index in [2.05, 4.69) is 16.6 Å². The van der Waals surface area contributed by atoms with Crippen LogP contribution in [0, 0.1) is 5.82 Å². The van der Waals surface area contributed by atoms with Crippen LogP contribution < -0.4 is 5.32 Å². The highest BCUT2D eigenvalue weighted by Crippen LogP contribution is 2.22. The van der Waals surface area contributed by atoms with Gasteiger partial charge in [-0.2, -0.15) is 11.8 Å². The summed E-state index contributed by atoms with van der Waals surface area (Å²) < 4.78 is 13.1. The van der Waals surface area contributed by atoms with E-state index in [-0.39, 0.29) is 5.82 Å². The number of benzene rings is 1. The molecule has 0 bridgehead atoms. The van der Waals surface area contributed by atoms with Crippen molar-refractivity contribution in [2.24, 2.45) is 0 Å². The van der Waals surface area contributed by atoms with E-state index >= 15 is 0 Å². The number of fused-ring (bicyclic) bond motifs is 1. The van der Waals surface area contributed by atoms with E-state index < -0.39 is 0 Å². The van der Waals surface area contributed by atoms with Gasteiger partial charge in [0.2, 0.25) is 0 Å². The van der Waals surface area contributed by atoms with Crippen molar-refractivity contribution in [3.63, 3.8) is 0 Å². The number of pyridine rings is 1. The van der Waals surface area contributed by atoms with E-state index in [0.29, 0.717) is 5.52 Å². The molecule has 2 rings (SSSR count). The number of unbranched alkanes of at least 4 members (excludes halogenated alkanes) is 1. The molecule has 1 N–H and O–H groups in total. The molecule has 1 aromatic carbocycles. The van der Waals surface area contributed by atoms with Gasteiger partial charge in [0.1, 0.15) is 5.82 Å². The second kappa shape index (κ2) is 6.59. The van der Waals surface area contributed by atoms with Crippen molar-refractivity contribution in [2.45, 2.75) is 12.8 Å². The fourth-order valence-electron chi connectivity index (χ4n) is 1.87. The van der Waals surface area contributed by atoms with E-state index in [0.717, 1.165) is 24.0 Å². The standard InChI is InChI=1S/C14H17FN2S/c1-18-9-3-2-7-16-13-6-8-17-14-10-11(15)4-5-12(13)14/h4-6,8,10H,2-3,7,9H2,1H3,(H,16,17). The number of rotatable bonds is 6. The van der Waals surface area contributed by atoms with Crippen LogP contribution >= 0.6 is 11.8 Å². The number of nitrogens with zero attached hydrogens (tertiary/aromatic N) is 1. The predicted molar refractivity (Wildman–Crippen MR) is 77.8 cm³/mol. The van der Waals surface area contributed by atoms with Crippen molar-refractivity contribution in [1.82, 2.24) is 4.98 Å². The molecule has 0 saturated carbocycles. The van der Waals surface area contributed by atoms with E-state index in [1.54, 1.807) is 12.3 Å². The average Bonchev–Trinajstić information content (AvgIpc) is 2.38. The molecule has 1 aromatic heterocycles. The van der Waals surface area contributed by atoms with Gasteiger partial charge in [-0.1, -0.05) is 0 Å². The Balaban J connectivity index is 2.04. The second-order valence-corrected chi connectivity index (χ2v) is 5.13. The van der Waals surface area contributed by atoms with Crippen LogP contribution in [0.3, 0.4) is 0 Å². The van der Waals surface area contributed by atoms with E-state index in [9.17, 15) is 4.39 Å². The number of hydrogen-bond acceptors (Lipinski definition) is 3. The maximum atomic E-state index is 13.1. The molecule has 96 valence electrons. The molecule has 0 unspecified atom stereocenters. The third-order valence-corrected chi connectivity index (χ3v) is 3.49. The van der Waals surface area contributed by atoms with Crippen LogP contribution in [0.25, 0.3) is 10.9 Å². The third kappa shape index (κ3) is 3.35. The van der Waals surface area contributed by atoms with Crippen molar-refractivity contribution in [3.8, 4) is 0 Å². The highest BCUT2D eigenvalue weighted by Gasteiger charge is 2.02. The molecule has 0 amide bonds. The Morgan fingerprint density at radius 3 is 3.00 bits per heavy atom. The summed E-state index contributed by atoms with van der Waals surface area (Å²) in [5.74, 6) is 0.955. The first-order chi connectivity index (χ1) is 8.81. The van der Waals surface area contributed by atoms with Crippen LogP contribution in [-0.4, -0.2) is 23.5 Å². The van der Waals surface area contributed by atoms with Crippen molar-refractivity contribution in [1.29, 1.82) is 0 Å². The first-order valence-corrected chi connectivity index (χ1v) is 7.48. The lowest BCUT2D eigenvalue weighted by Gasteiger charge is -2.09. The number of hydrogen-bond donors (Lipinski definition) is 1. The van der Waals surface area contributed by atoms with Gasteiger partial charge in [0.15, 0.2) is 0 Å². The van der Waals surface area contributed by atoms with Crippen LogP contribution in [0.2, 0.25) is 0 Å². The SMILES string of the molecule is CSCCCCNc1ccnc2cc(F)ccc12. The number of anilines is 1. The number of thioether (sulfide) groups is 1. The number of nitrogens with one attached hydrogen (secondary N) is 1. The van der Waals surface area contributed by atoms with Gasteiger partial charge in [-0.05, 0) is 43.0 Å². The lowest BCUT2D eigenvalue weighted by Crippen LogP contribution is -2.02. The molecule has 0 atom stereocenters. The van der Waals surface area contributed by atoms with Gasteiger partial charge in [-0.25, -0.2) is 4.39 Å². The summed E-state index contributed by atoms with van der Waals surface area (Å²) in [5, 5.41) is 4.37. The van der Waals surface area contributed by atoms with Gasteiger partial charge in [-0.3, -0.25) is 4.98 Å². The highest BCUT2D eigenvalue weighted by molar-refractivity contribution is 7.98. The van der Waals surface area contributed by atoms with Crippen molar-refractivity contribution < 1.29 is 4.39 Å². The van der Waals surface area contributed by atoms with Crippen molar-refractivity contribution >= 4 is 28.4 Å². The van der Waals surface area contributed by atoms with Gasteiger partial charge in [0, 0.05) is 29.9 Å². The monoisotopic (exact) mass is 264 g/mol. The first kappa shape index (κ1) is 13.1. The molecular weight excluding hydrogens is 247 g/mol. The fourth-order valence-corrected chi connectivity index (χ4v) is 2.36. The summed E-state index contributed by atoms with van der Waals surface area (Å²) in [6.07, 6.45) is 6.20. The molecule has 1 heterocycles. The maximum absolute atomic E-state index is 13.1. The third-order valence-electron chi connectivity index (χ3n) is 2.80. The molecule has 0 aliphatic rings. The smallest absolute Gasteiger partial charge is 0.125 e. The van der Waals surface area contributed by atoms with Crippen LogP contribution in [0.4, 0.5) is 10.1 Å². The van der Waals surface area contributed by atoms with E-state index in [1.165, 1.54) is 24.3 Å². The molecule has 0 fully saturated rings. The molecular formula is C14H17FN2S. The molecule has 0 aliphatic carbocycles. The van der Waals surface area contributed by atoms with Crippen LogP contribution in [0.1, 0.15) is 12.8 Å². The summed E-state index contributed by atoms with van der Waals surface area (Å²) in [5.41, 5.74) is 1.73. The largest absolute Gasteiger partial charge is 0.384 e. The zero-order valence-corrected chi connectivity index (χ0v) is 11.3. The Labute approximate surface area is 111 Å². The Morgan fingerprint density at radius 2 is 2.17 bits per heavy atom. The van der Waals surface area contributed by atoms with Crippen molar-refractivity contribution in [2.75, 3.05) is 23.9 Å². The zero-order chi connectivity index (χ0) is 12.8. The molecule has 0 radical (unpaired) electrons. The van der Waals surface area contributed by atoms with Gasteiger partial charge in [0.05, 0.1) is 5.52 Å². The molecule has 2 nitrogen and oxygen atoms in total. The Bertz CT molecular complexity index is 516. The van der Waals surface area contributed by atoms with Gasteiger partial charge in [-0.15, -0.1) is 0 Å². The Hall–Kier alpha value is -1.29. The van der Waals surface area contributed by atoms with Gasteiger partial charge in [0.25, 0.3) is 0 Å². The normalized spacial score (nSPS) is 10.8. The van der Waals surface area contributed by atoms with Crippen molar-refractivity contribution in [3.05, 3.63) is 36.3 Å². The minimum atomic E-state index is -0.243. The summed E-state index contributed by atoms with van der Waals surface area (Å²) in [6.45, 7) is 0.942. The lowest BCUT2D eigenvalue weighted by atomic mass is 10.2. The molecule has 4 heteroatoms. The van der Waals surface area contributed by atoms with E-state index in [1.807, 2.05) is 17.8 Å². The quantitative estimate of drug-likeness (QED) is 0.800. The molecule has 0 spiro atoms. The second-order valence-electron chi connectivity index (χ2n) is 4.15. The van der Waals surface area contributed by atoms with E-state index in [4.69, 9.17) is 0 Å². The number of aromatic nitrogens is 1. The zero-order valence-electron chi connectivity index (χ0n) is 10.4. The van der Waals surface area contributed by atoms with Crippen LogP contribution in [0.15, 0.2) is 30.5 Å². The maximum Gasteiger partial charge on any atom is 0.125 e. The minimum Gasteiger partial charge on any atom is -0.384 e. The molecule has 2 aromatic rings. The molecule has 0 saturated heterocycles. The Kier molecular flexibility index (Phi) is 4.81. The van der Waals surface area contributed by atoms with Crippen LogP contribution in [0.5, 0.6) is 0 Å². The van der Waals surface area contributed by atoms with Gasteiger partial charge >= 0.3 is 0 Å². The van der Waals surface area contributed by atoms with Crippen LogP contribution in [-0.2, 0) is 0 Å². The molecule has 18 heavy (non-hydrogen) atoms. The minimum absolute atomic E-state index is 0.243. The summed E-state index contributed by atoms with van der Waals surface area (Å²) in [6, 6.07) is 6.66. The summed E-state index contributed by atoms with van der Waals surface area (Å²) in [7, 11) is 0. The fraction of sp³-hybridized carbons (Fsp3) is 0.357. The number of halogens is 1. The first-order valence-electron chi connectivity index (χ1n) is 6.08. The average molecular weight is 264 g/mol. The lowest BCUT2D eigenvalue weighted by molar-refractivity contribution is 0.629. The van der Waals surface area contributed by atoms with Gasteiger partial charge < -0.3 is 5.32 Å². The highest BCUT2D eigenvalue weighted by atomic mass is 32.2.